The normalized spacial score (nSPS) is 16.7. The number of aryl methyl sites for hydroxylation is 3. The number of nitrogens with one attached hydrogen (secondary N) is 1. The van der Waals surface area contributed by atoms with Gasteiger partial charge in [0.25, 0.3) is 0 Å². The Bertz CT molecular complexity index is 975. The highest BCUT2D eigenvalue weighted by Crippen LogP contribution is 2.26. The summed E-state index contributed by atoms with van der Waals surface area (Å²) in [5, 5.41) is 15.8. The van der Waals surface area contributed by atoms with E-state index in [4.69, 9.17) is 0 Å². The summed E-state index contributed by atoms with van der Waals surface area (Å²) < 4.78 is 1.56. The molecule has 0 radical (unpaired) electrons. The molecule has 8 heteroatoms. The average Bonchev–Trinajstić information content (AvgIpc) is 3.25. The summed E-state index contributed by atoms with van der Waals surface area (Å²) in [5.74, 6) is 1.37. The third kappa shape index (κ3) is 4.11. The highest BCUT2D eigenvalue weighted by Gasteiger charge is 2.27. The molecule has 1 amide bonds. The van der Waals surface area contributed by atoms with Crippen molar-refractivity contribution in [3.63, 3.8) is 0 Å². The molecule has 0 saturated carbocycles. The molecule has 1 unspecified atom stereocenters. The van der Waals surface area contributed by atoms with Gasteiger partial charge in [0.2, 0.25) is 5.91 Å². The summed E-state index contributed by atoms with van der Waals surface area (Å²) in [6.07, 6.45) is 4.86. The number of benzene rings is 1. The third-order valence-electron chi connectivity index (χ3n) is 5.33. The van der Waals surface area contributed by atoms with Crippen molar-refractivity contribution in [2.24, 2.45) is 5.92 Å². The second kappa shape index (κ2) is 7.98. The molecule has 2 aromatic heterocycles. The van der Waals surface area contributed by atoms with Crippen LogP contribution in [0.5, 0.6) is 0 Å². The van der Waals surface area contributed by atoms with Crippen molar-refractivity contribution < 1.29 is 4.79 Å². The van der Waals surface area contributed by atoms with Gasteiger partial charge in [-0.1, -0.05) is 17.7 Å². The second-order valence-corrected chi connectivity index (χ2v) is 7.64. The van der Waals surface area contributed by atoms with Crippen LogP contribution in [0, 0.1) is 26.7 Å². The van der Waals surface area contributed by atoms with E-state index in [0.717, 1.165) is 42.0 Å². The maximum atomic E-state index is 13.0. The molecular formula is C21H25N7O. The lowest BCUT2D eigenvalue weighted by Gasteiger charge is -2.32. The van der Waals surface area contributed by atoms with Crippen molar-refractivity contribution in [2.75, 3.05) is 23.3 Å². The number of nitrogens with zero attached hydrogens (tertiary/aromatic N) is 6. The SMILES string of the molecule is Cc1cc(C)c(NC(=O)C2CCCN(c3ccc(-n4cncn4)nn3)C2)c(C)c1. The van der Waals surface area contributed by atoms with Crippen LogP contribution in [0.4, 0.5) is 11.5 Å². The van der Waals surface area contributed by atoms with Crippen LogP contribution in [0.2, 0.25) is 0 Å². The molecule has 1 saturated heterocycles. The summed E-state index contributed by atoms with van der Waals surface area (Å²) in [6, 6.07) is 7.97. The first-order valence-electron chi connectivity index (χ1n) is 9.83. The van der Waals surface area contributed by atoms with Gasteiger partial charge in [0.1, 0.15) is 12.7 Å². The van der Waals surface area contributed by atoms with Crippen LogP contribution in [0.1, 0.15) is 29.5 Å². The van der Waals surface area contributed by atoms with E-state index in [0.29, 0.717) is 12.4 Å². The minimum atomic E-state index is -0.0827. The topological polar surface area (TPSA) is 88.8 Å². The molecule has 0 bridgehead atoms. The lowest BCUT2D eigenvalue weighted by Crippen LogP contribution is -2.41. The lowest BCUT2D eigenvalue weighted by atomic mass is 9.96. The predicted molar refractivity (Wildman–Crippen MR) is 111 cm³/mol. The number of carbonyl (C=O) groups excluding carboxylic acids is 1. The number of hydrogen-bond donors (Lipinski definition) is 1. The fourth-order valence-electron chi connectivity index (χ4n) is 3.94. The number of hydrogen-bond acceptors (Lipinski definition) is 6. The second-order valence-electron chi connectivity index (χ2n) is 7.64. The first-order valence-corrected chi connectivity index (χ1v) is 9.83. The van der Waals surface area contributed by atoms with Crippen LogP contribution < -0.4 is 10.2 Å². The van der Waals surface area contributed by atoms with E-state index in [9.17, 15) is 4.79 Å². The zero-order chi connectivity index (χ0) is 20.4. The molecule has 1 fully saturated rings. The Morgan fingerprint density at radius 3 is 2.48 bits per heavy atom. The van der Waals surface area contributed by atoms with Crippen molar-refractivity contribution in [1.82, 2.24) is 25.0 Å². The molecule has 0 aliphatic carbocycles. The minimum absolute atomic E-state index is 0.0666. The van der Waals surface area contributed by atoms with Crippen LogP contribution in [0.15, 0.2) is 36.9 Å². The highest BCUT2D eigenvalue weighted by molar-refractivity contribution is 5.94. The van der Waals surface area contributed by atoms with E-state index in [1.165, 1.54) is 11.9 Å². The van der Waals surface area contributed by atoms with Gasteiger partial charge < -0.3 is 10.2 Å². The molecule has 1 N–H and O–H groups in total. The molecule has 1 aromatic carbocycles. The maximum absolute atomic E-state index is 13.0. The first kappa shape index (κ1) is 19.0. The Kier molecular flexibility index (Phi) is 5.24. The van der Waals surface area contributed by atoms with Gasteiger partial charge in [0.05, 0.1) is 5.92 Å². The number of rotatable bonds is 4. The standard InChI is InChI=1S/C21H25N7O/c1-14-9-15(2)20(16(3)10-14)24-21(29)17-5-4-8-27(11-17)18-6-7-19(26-25-18)28-13-22-12-23-28/h6-7,9-10,12-13,17H,4-5,8,11H2,1-3H3,(H,24,29). The Labute approximate surface area is 170 Å². The van der Waals surface area contributed by atoms with Crippen LogP contribution in [-0.4, -0.2) is 44.0 Å². The molecule has 1 aliphatic heterocycles. The third-order valence-corrected chi connectivity index (χ3v) is 5.33. The van der Waals surface area contributed by atoms with Gasteiger partial charge in [0.15, 0.2) is 11.6 Å². The molecule has 150 valence electrons. The van der Waals surface area contributed by atoms with Crippen molar-refractivity contribution in [1.29, 1.82) is 0 Å². The smallest absolute Gasteiger partial charge is 0.229 e. The Morgan fingerprint density at radius 2 is 1.83 bits per heavy atom. The molecule has 4 rings (SSSR count). The number of anilines is 2. The van der Waals surface area contributed by atoms with Crippen molar-refractivity contribution in [3.8, 4) is 5.82 Å². The minimum Gasteiger partial charge on any atom is -0.354 e. The number of carbonyl (C=O) groups is 1. The maximum Gasteiger partial charge on any atom is 0.229 e. The Hall–Kier alpha value is -3.29. The van der Waals surface area contributed by atoms with E-state index in [2.05, 4.69) is 49.6 Å². The van der Waals surface area contributed by atoms with E-state index in [-0.39, 0.29) is 11.8 Å². The van der Waals surface area contributed by atoms with Gasteiger partial charge in [-0.05, 0) is 56.9 Å². The van der Waals surface area contributed by atoms with Crippen molar-refractivity contribution >= 4 is 17.4 Å². The van der Waals surface area contributed by atoms with Crippen LogP contribution in [-0.2, 0) is 4.79 Å². The molecule has 8 nitrogen and oxygen atoms in total. The molecule has 1 aliphatic rings. The Balaban J connectivity index is 1.45. The molecular weight excluding hydrogens is 366 g/mol. The van der Waals surface area contributed by atoms with E-state index in [1.54, 1.807) is 11.0 Å². The summed E-state index contributed by atoms with van der Waals surface area (Å²) in [4.78, 5) is 19.0. The molecule has 3 heterocycles. The summed E-state index contributed by atoms with van der Waals surface area (Å²) >= 11 is 0. The molecule has 1 atom stereocenters. The largest absolute Gasteiger partial charge is 0.354 e. The first-order chi connectivity index (χ1) is 14.0. The highest BCUT2D eigenvalue weighted by atomic mass is 16.1. The van der Waals surface area contributed by atoms with E-state index >= 15 is 0 Å². The van der Waals surface area contributed by atoms with E-state index in [1.807, 2.05) is 26.0 Å². The number of amides is 1. The van der Waals surface area contributed by atoms with E-state index < -0.39 is 0 Å². The zero-order valence-electron chi connectivity index (χ0n) is 17.0. The Morgan fingerprint density at radius 1 is 1.10 bits per heavy atom. The van der Waals surface area contributed by atoms with Gasteiger partial charge in [-0.2, -0.15) is 5.10 Å². The fraction of sp³-hybridized carbons (Fsp3) is 0.381. The lowest BCUT2D eigenvalue weighted by molar-refractivity contribution is -0.120. The molecule has 3 aromatic rings. The van der Waals surface area contributed by atoms with Crippen molar-refractivity contribution in [3.05, 3.63) is 53.6 Å². The summed E-state index contributed by atoms with van der Waals surface area (Å²) in [5.41, 5.74) is 4.32. The van der Waals surface area contributed by atoms with Gasteiger partial charge in [-0.3, -0.25) is 4.79 Å². The van der Waals surface area contributed by atoms with Gasteiger partial charge in [-0.25, -0.2) is 9.67 Å². The quantitative estimate of drug-likeness (QED) is 0.736. The van der Waals surface area contributed by atoms with Gasteiger partial charge in [0, 0.05) is 18.8 Å². The average molecular weight is 391 g/mol. The van der Waals surface area contributed by atoms with Crippen LogP contribution >= 0.6 is 0 Å². The van der Waals surface area contributed by atoms with Gasteiger partial charge in [-0.15, -0.1) is 10.2 Å². The summed E-state index contributed by atoms with van der Waals surface area (Å²) in [6.45, 7) is 7.64. The fourth-order valence-corrected chi connectivity index (χ4v) is 3.94. The monoisotopic (exact) mass is 391 g/mol. The number of aromatic nitrogens is 5. The van der Waals surface area contributed by atoms with Crippen LogP contribution in [0.25, 0.3) is 5.82 Å². The summed E-state index contributed by atoms with van der Waals surface area (Å²) in [7, 11) is 0. The predicted octanol–water partition coefficient (Wildman–Crippen LogP) is 2.84. The molecule has 0 spiro atoms. The number of piperidine rings is 1. The molecule has 29 heavy (non-hydrogen) atoms. The van der Waals surface area contributed by atoms with Crippen LogP contribution in [0.3, 0.4) is 0 Å². The van der Waals surface area contributed by atoms with Crippen molar-refractivity contribution in [2.45, 2.75) is 33.6 Å². The zero-order valence-corrected chi connectivity index (χ0v) is 17.0. The van der Waals surface area contributed by atoms with Gasteiger partial charge >= 0.3 is 0 Å².